The number of anilines is 2. The van der Waals surface area contributed by atoms with Crippen molar-refractivity contribution in [3.8, 4) is 0 Å². The third-order valence-corrected chi connectivity index (χ3v) is 3.15. The van der Waals surface area contributed by atoms with Crippen LogP contribution in [0.3, 0.4) is 0 Å². The minimum Gasteiger partial charge on any atom is -0.397 e. The molecule has 1 aromatic rings. The van der Waals surface area contributed by atoms with E-state index < -0.39 is 5.82 Å². The zero-order valence-corrected chi connectivity index (χ0v) is 12.7. The lowest BCUT2D eigenvalue weighted by Gasteiger charge is -2.08. The Bertz CT molecular complexity index is 438. The molecule has 0 atom stereocenters. The highest BCUT2D eigenvalue weighted by molar-refractivity contribution is 5.93. The maximum absolute atomic E-state index is 12.9. The summed E-state index contributed by atoms with van der Waals surface area (Å²) in [7, 11) is 0. The fourth-order valence-corrected chi connectivity index (χ4v) is 1.93. The first-order chi connectivity index (χ1) is 10.1. The van der Waals surface area contributed by atoms with Gasteiger partial charge in [-0.1, -0.05) is 32.6 Å². The molecular formula is C16H25FN2O2. The van der Waals surface area contributed by atoms with E-state index >= 15 is 0 Å². The highest BCUT2D eigenvalue weighted by Gasteiger charge is 2.06. The van der Waals surface area contributed by atoms with Gasteiger partial charge in [-0.3, -0.25) is 4.79 Å². The van der Waals surface area contributed by atoms with Crippen molar-refractivity contribution >= 4 is 17.3 Å². The number of ether oxygens (including phenoxy) is 1. The average molecular weight is 296 g/mol. The summed E-state index contributed by atoms with van der Waals surface area (Å²) in [5.41, 5.74) is 6.27. The van der Waals surface area contributed by atoms with Crippen molar-refractivity contribution in [2.24, 2.45) is 0 Å². The Morgan fingerprint density at radius 1 is 1.24 bits per heavy atom. The maximum atomic E-state index is 12.9. The van der Waals surface area contributed by atoms with E-state index in [1.54, 1.807) is 0 Å². The van der Waals surface area contributed by atoms with Gasteiger partial charge in [-0.15, -0.1) is 0 Å². The zero-order valence-electron chi connectivity index (χ0n) is 12.7. The van der Waals surface area contributed by atoms with Crippen LogP contribution in [0.15, 0.2) is 18.2 Å². The third kappa shape index (κ3) is 7.66. The first kappa shape index (κ1) is 17.4. The number of nitrogens with two attached hydrogens (primary N) is 1. The quantitative estimate of drug-likeness (QED) is 0.511. The number of unbranched alkanes of at least 4 members (excludes halogenated alkanes) is 4. The van der Waals surface area contributed by atoms with Crippen molar-refractivity contribution in [1.82, 2.24) is 0 Å². The lowest BCUT2D eigenvalue weighted by atomic mass is 10.2. The highest BCUT2D eigenvalue weighted by Crippen LogP contribution is 2.19. The Morgan fingerprint density at radius 3 is 2.71 bits per heavy atom. The second kappa shape index (κ2) is 10.2. The summed E-state index contributed by atoms with van der Waals surface area (Å²) in [6.45, 7) is 3.26. The molecule has 0 saturated heterocycles. The molecule has 0 saturated carbocycles. The van der Waals surface area contributed by atoms with Crippen LogP contribution in [0.2, 0.25) is 0 Å². The number of hydrogen-bond donors (Lipinski definition) is 2. The number of carbonyl (C=O) groups excluding carboxylic acids is 1. The number of halogens is 1. The standard InChI is InChI=1S/C16H25FN2O2/c1-2-3-4-5-6-10-21-11-9-16(20)19-15-8-7-13(17)12-14(15)18/h7-8,12H,2-6,9-11,18H2,1H3,(H,19,20). The van der Waals surface area contributed by atoms with Crippen LogP contribution in [-0.2, 0) is 9.53 Å². The molecule has 0 aromatic heterocycles. The van der Waals surface area contributed by atoms with Crippen molar-refractivity contribution in [2.45, 2.75) is 45.4 Å². The van der Waals surface area contributed by atoms with Crippen LogP contribution in [0, 0.1) is 5.82 Å². The van der Waals surface area contributed by atoms with Gasteiger partial charge in [-0.05, 0) is 24.6 Å². The second-order valence-electron chi connectivity index (χ2n) is 5.06. The fourth-order valence-electron chi connectivity index (χ4n) is 1.93. The number of amides is 1. The second-order valence-corrected chi connectivity index (χ2v) is 5.06. The Hall–Kier alpha value is -1.62. The summed E-state index contributed by atoms with van der Waals surface area (Å²) in [4.78, 5) is 11.7. The van der Waals surface area contributed by atoms with E-state index in [0.717, 1.165) is 6.42 Å². The highest BCUT2D eigenvalue weighted by atomic mass is 19.1. The van der Waals surface area contributed by atoms with Gasteiger partial charge in [-0.25, -0.2) is 4.39 Å². The van der Waals surface area contributed by atoms with Crippen LogP contribution in [0.5, 0.6) is 0 Å². The predicted octanol–water partition coefficient (Wildman–Crippen LogP) is 3.72. The maximum Gasteiger partial charge on any atom is 0.226 e. The summed E-state index contributed by atoms with van der Waals surface area (Å²) in [5.74, 6) is -0.601. The van der Waals surface area contributed by atoms with E-state index in [1.807, 2.05) is 0 Å². The Morgan fingerprint density at radius 2 is 2.00 bits per heavy atom. The van der Waals surface area contributed by atoms with Crippen LogP contribution in [0.4, 0.5) is 15.8 Å². The van der Waals surface area contributed by atoms with E-state index in [4.69, 9.17) is 10.5 Å². The van der Waals surface area contributed by atoms with Gasteiger partial charge in [-0.2, -0.15) is 0 Å². The van der Waals surface area contributed by atoms with Crippen LogP contribution >= 0.6 is 0 Å². The van der Waals surface area contributed by atoms with Gasteiger partial charge < -0.3 is 15.8 Å². The van der Waals surface area contributed by atoms with Crippen LogP contribution in [0.25, 0.3) is 0 Å². The van der Waals surface area contributed by atoms with E-state index in [-0.39, 0.29) is 18.0 Å². The fraction of sp³-hybridized carbons (Fsp3) is 0.562. The first-order valence-electron chi connectivity index (χ1n) is 7.56. The van der Waals surface area contributed by atoms with E-state index in [1.165, 1.54) is 43.9 Å². The molecule has 0 heterocycles. The lowest BCUT2D eigenvalue weighted by Crippen LogP contribution is -2.15. The summed E-state index contributed by atoms with van der Waals surface area (Å²) in [6, 6.07) is 3.90. The molecule has 4 nitrogen and oxygen atoms in total. The van der Waals surface area contributed by atoms with Gasteiger partial charge in [0.25, 0.3) is 0 Å². The number of rotatable bonds is 10. The Balaban J connectivity index is 2.11. The van der Waals surface area contributed by atoms with E-state index in [0.29, 0.717) is 18.9 Å². The van der Waals surface area contributed by atoms with E-state index in [2.05, 4.69) is 12.2 Å². The molecular weight excluding hydrogens is 271 g/mol. The smallest absolute Gasteiger partial charge is 0.226 e. The van der Waals surface area contributed by atoms with Crippen LogP contribution in [0.1, 0.15) is 45.4 Å². The largest absolute Gasteiger partial charge is 0.397 e. The van der Waals surface area contributed by atoms with Crippen molar-refractivity contribution in [3.05, 3.63) is 24.0 Å². The van der Waals surface area contributed by atoms with Crippen LogP contribution in [-0.4, -0.2) is 19.1 Å². The molecule has 0 unspecified atom stereocenters. The number of nitrogens with one attached hydrogen (secondary N) is 1. The minimum absolute atomic E-state index is 0.181. The molecule has 0 spiro atoms. The van der Waals surface area contributed by atoms with Crippen molar-refractivity contribution in [1.29, 1.82) is 0 Å². The van der Waals surface area contributed by atoms with Gasteiger partial charge >= 0.3 is 0 Å². The number of carbonyl (C=O) groups is 1. The van der Waals surface area contributed by atoms with Crippen molar-refractivity contribution in [2.75, 3.05) is 24.3 Å². The van der Waals surface area contributed by atoms with Crippen molar-refractivity contribution < 1.29 is 13.9 Å². The third-order valence-electron chi connectivity index (χ3n) is 3.15. The molecule has 118 valence electrons. The molecule has 5 heteroatoms. The van der Waals surface area contributed by atoms with Crippen molar-refractivity contribution in [3.63, 3.8) is 0 Å². The molecule has 1 aromatic carbocycles. The number of hydrogen-bond acceptors (Lipinski definition) is 3. The van der Waals surface area contributed by atoms with Gasteiger partial charge in [0.15, 0.2) is 0 Å². The van der Waals surface area contributed by atoms with Crippen LogP contribution < -0.4 is 11.1 Å². The molecule has 1 rings (SSSR count). The molecule has 0 radical (unpaired) electrons. The molecule has 0 fully saturated rings. The Labute approximate surface area is 125 Å². The van der Waals surface area contributed by atoms with Gasteiger partial charge in [0.2, 0.25) is 5.91 Å². The molecule has 1 amide bonds. The van der Waals surface area contributed by atoms with Gasteiger partial charge in [0, 0.05) is 6.61 Å². The molecule has 0 bridgehead atoms. The SMILES string of the molecule is CCCCCCCOCCC(=O)Nc1ccc(F)cc1N. The topological polar surface area (TPSA) is 64.3 Å². The summed E-state index contributed by atoms with van der Waals surface area (Å²) >= 11 is 0. The molecule has 3 N–H and O–H groups in total. The normalized spacial score (nSPS) is 10.6. The van der Waals surface area contributed by atoms with E-state index in [9.17, 15) is 9.18 Å². The molecule has 0 aliphatic rings. The van der Waals surface area contributed by atoms with Gasteiger partial charge in [0.1, 0.15) is 5.82 Å². The molecule has 0 aliphatic heterocycles. The summed E-state index contributed by atoms with van der Waals surface area (Å²) in [5, 5.41) is 2.65. The number of benzene rings is 1. The first-order valence-corrected chi connectivity index (χ1v) is 7.56. The monoisotopic (exact) mass is 296 g/mol. The molecule has 0 aliphatic carbocycles. The summed E-state index contributed by atoms with van der Waals surface area (Å²) in [6.07, 6.45) is 6.21. The molecule has 21 heavy (non-hydrogen) atoms. The lowest BCUT2D eigenvalue weighted by molar-refractivity contribution is -0.117. The summed E-state index contributed by atoms with van der Waals surface area (Å²) < 4.78 is 18.3. The predicted molar refractivity (Wildman–Crippen MR) is 83.6 cm³/mol. The number of nitrogen functional groups attached to an aromatic ring is 1. The zero-order chi connectivity index (χ0) is 15.5. The Kier molecular flexibility index (Phi) is 8.43. The average Bonchev–Trinajstić information content (AvgIpc) is 2.45. The minimum atomic E-state index is -0.420. The van der Waals surface area contributed by atoms with Gasteiger partial charge in [0.05, 0.1) is 24.4 Å².